The summed E-state index contributed by atoms with van der Waals surface area (Å²) in [4.78, 5) is 11.8. The zero-order valence-electron chi connectivity index (χ0n) is 12.5. The van der Waals surface area contributed by atoms with Crippen molar-refractivity contribution in [1.29, 1.82) is 0 Å². The van der Waals surface area contributed by atoms with E-state index in [4.69, 9.17) is 16.3 Å². The van der Waals surface area contributed by atoms with E-state index in [0.29, 0.717) is 6.61 Å². The topological polar surface area (TPSA) is 38.3 Å². The Hall–Kier alpha value is -2.07. The first-order valence-corrected chi connectivity index (χ1v) is 7.28. The normalized spacial score (nSPS) is 10.4. The SMILES string of the molecule is Cc1ccc(OCCNC(=O)c2ccc(Cl)cc2F)cc1C. The smallest absolute Gasteiger partial charge is 0.254 e. The maximum atomic E-state index is 13.6. The van der Waals surface area contributed by atoms with Gasteiger partial charge in [-0.1, -0.05) is 17.7 Å². The van der Waals surface area contributed by atoms with E-state index < -0.39 is 11.7 Å². The monoisotopic (exact) mass is 321 g/mol. The maximum Gasteiger partial charge on any atom is 0.254 e. The van der Waals surface area contributed by atoms with Gasteiger partial charge in [-0.05, 0) is 55.3 Å². The quantitative estimate of drug-likeness (QED) is 0.848. The molecular weight excluding hydrogens is 305 g/mol. The molecule has 0 fully saturated rings. The zero-order valence-corrected chi connectivity index (χ0v) is 13.2. The Kier molecular flexibility index (Phi) is 5.39. The molecule has 0 aliphatic rings. The van der Waals surface area contributed by atoms with Gasteiger partial charge in [-0.3, -0.25) is 4.79 Å². The maximum absolute atomic E-state index is 13.6. The first-order valence-electron chi connectivity index (χ1n) is 6.90. The fourth-order valence-electron chi connectivity index (χ4n) is 1.91. The highest BCUT2D eigenvalue weighted by molar-refractivity contribution is 6.30. The van der Waals surface area contributed by atoms with Gasteiger partial charge >= 0.3 is 0 Å². The Bertz CT molecular complexity index is 688. The highest BCUT2D eigenvalue weighted by Crippen LogP contribution is 2.16. The molecule has 1 N–H and O–H groups in total. The van der Waals surface area contributed by atoms with Crippen molar-refractivity contribution in [3.05, 3.63) is 63.9 Å². The molecule has 5 heteroatoms. The molecule has 2 aromatic carbocycles. The van der Waals surface area contributed by atoms with Gasteiger partial charge in [-0.25, -0.2) is 4.39 Å². The molecule has 1 amide bonds. The second-order valence-corrected chi connectivity index (χ2v) is 5.41. The number of benzene rings is 2. The van der Waals surface area contributed by atoms with E-state index in [1.807, 2.05) is 32.0 Å². The van der Waals surface area contributed by atoms with Gasteiger partial charge in [0.1, 0.15) is 18.2 Å². The Morgan fingerprint density at radius 3 is 2.64 bits per heavy atom. The van der Waals surface area contributed by atoms with Crippen molar-refractivity contribution in [2.45, 2.75) is 13.8 Å². The lowest BCUT2D eigenvalue weighted by atomic mass is 10.1. The van der Waals surface area contributed by atoms with Crippen molar-refractivity contribution < 1.29 is 13.9 Å². The molecule has 22 heavy (non-hydrogen) atoms. The van der Waals surface area contributed by atoms with Crippen LogP contribution in [0, 0.1) is 19.7 Å². The highest BCUT2D eigenvalue weighted by Gasteiger charge is 2.11. The third-order valence-electron chi connectivity index (χ3n) is 3.31. The number of halogens is 2. The fourth-order valence-corrected chi connectivity index (χ4v) is 2.06. The molecule has 3 nitrogen and oxygen atoms in total. The minimum Gasteiger partial charge on any atom is -0.492 e. The Balaban J connectivity index is 1.83. The summed E-state index contributed by atoms with van der Waals surface area (Å²) in [5.41, 5.74) is 2.30. The summed E-state index contributed by atoms with van der Waals surface area (Å²) in [6.45, 7) is 4.63. The first-order chi connectivity index (χ1) is 10.5. The summed E-state index contributed by atoms with van der Waals surface area (Å²) in [5.74, 6) is -0.382. The number of amides is 1. The Morgan fingerprint density at radius 1 is 1.18 bits per heavy atom. The molecule has 0 aliphatic heterocycles. The summed E-state index contributed by atoms with van der Waals surface area (Å²) in [5, 5.41) is 2.87. The fraction of sp³-hybridized carbons (Fsp3) is 0.235. The number of carbonyl (C=O) groups is 1. The molecule has 0 radical (unpaired) electrons. The summed E-state index contributed by atoms with van der Waals surface area (Å²) in [6, 6.07) is 9.75. The average Bonchev–Trinajstić information content (AvgIpc) is 2.47. The Morgan fingerprint density at radius 2 is 1.95 bits per heavy atom. The van der Waals surface area contributed by atoms with Crippen molar-refractivity contribution in [2.24, 2.45) is 0 Å². The van der Waals surface area contributed by atoms with Crippen LogP contribution in [0.2, 0.25) is 5.02 Å². The third kappa shape index (κ3) is 4.21. The second-order valence-electron chi connectivity index (χ2n) is 4.97. The van der Waals surface area contributed by atoms with Crippen molar-refractivity contribution in [2.75, 3.05) is 13.2 Å². The van der Waals surface area contributed by atoms with E-state index in [0.717, 1.165) is 17.4 Å². The van der Waals surface area contributed by atoms with Crippen LogP contribution in [0.3, 0.4) is 0 Å². The van der Waals surface area contributed by atoms with Gasteiger partial charge in [0.15, 0.2) is 0 Å². The number of hydrogen-bond donors (Lipinski definition) is 1. The van der Waals surface area contributed by atoms with Crippen molar-refractivity contribution in [3.8, 4) is 5.75 Å². The minimum atomic E-state index is -0.639. The van der Waals surface area contributed by atoms with Crippen LogP contribution in [0.5, 0.6) is 5.75 Å². The van der Waals surface area contributed by atoms with Gasteiger partial charge in [-0.15, -0.1) is 0 Å². The lowest BCUT2D eigenvalue weighted by Crippen LogP contribution is -2.28. The number of nitrogens with one attached hydrogen (secondary N) is 1. The Labute approximate surface area is 134 Å². The van der Waals surface area contributed by atoms with Crippen molar-refractivity contribution >= 4 is 17.5 Å². The minimum absolute atomic E-state index is 0.0319. The van der Waals surface area contributed by atoms with Crippen LogP contribution in [0.25, 0.3) is 0 Å². The standard InChI is InChI=1S/C17H17ClFNO2/c1-11-3-5-14(9-12(11)2)22-8-7-20-17(21)15-6-4-13(18)10-16(15)19/h3-6,9-10H,7-8H2,1-2H3,(H,20,21). The molecule has 0 heterocycles. The summed E-state index contributed by atoms with van der Waals surface area (Å²) >= 11 is 5.65. The van der Waals surface area contributed by atoms with Crippen LogP contribution in [0.15, 0.2) is 36.4 Å². The highest BCUT2D eigenvalue weighted by atomic mass is 35.5. The molecule has 0 saturated heterocycles. The largest absolute Gasteiger partial charge is 0.492 e. The molecule has 2 rings (SSSR count). The van der Waals surface area contributed by atoms with E-state index in [-0.39, 0.29) is 17.1 Å². The lowest BCUT2D eigenvalue weighted by Gasteiger charge is -2.10. The zero-order chi connectivity index (χ0) is 16.1. The molecule has 0 unspecified atom stereocenters. The molecule has 0 spiro atoms. The molecule has 116 valence electrons. The predicted octanol–water partition coefficient (Wildman–Crippen LogP) is 3.90. The van der Waals surface area contributed by atoms with Gasteiger partial charge in [0.25, 0.3) is 5.91 Å². The lowest BCUT2D eigenvalue weighted by molar-refractivity contribution is 0.0943. The number of rotatable bonds is 5. The van der Waals surface area contributed by atoms with Crippen LogP contribution in [-0.4, -0.2) is 19.1 Å². The summed E-state index contributed by atoms with van der Waals surface area (Å²) in [6.07, 6.45) is 0. The summed E-state index contributed by atoms with van der Waals surface area (Å²) < 4.78 is 19.1. The van der Waals surface area contributed by atoms with Crippen LogP contribution >= 0.6 is 11.6 Å². The van der Waals surface area contributed by atoms with E-state index in [1.54, 1.807) is 0 Å². The van der Waals surface area contributed by atoms with Crippen molar-refractivity contribution in [1.82, 2.24) is 5.32 Å². The third-order valence-corrected chi connectivity index (χ3v) is 3.55. The predicted molar refractivity (Wildman–Crippen MR) is 85.2 cm³/mol. The molecule has 2 aromatic rings. The van der Waals surface area contributed by atoms with E-state index >= 15 is 0 Å². The van der Waals surface area contributed by atoms with Gasteiger partial charge in [-0.2, -0.15) is 0 Å². The molecule has 0 aromatic heterocycles. The molecule has 0 bridgehead atoms. The number of ether oxygens (including phenoxy) is 1. The molecule has 0 aliphatic carbocycles. The average molecular weight is 322 g/mol. The van der Waals surface area contributed by atoms with Gasteiger partial charge in [0, 0.05) is 5.02 Å². The van der Waals surface area contributed by atoms with Crippen LogP contribution < -0.4 is 10.1 Å². The molecule has 0 saturated carbocycles. The first kappa shape index (κ1) is 16.3. The van der Waals surface area contributed by atoms with Crippen LogP contribution in [0.4, 0.5) is 4.39 Å². The van der Waals surface area contributed by atoms with Crippen molar-refractivity contribution in [3.63, 3.8) is 0 Å². The van der Waals surface area contributed by atoms with E-state index in [2.05, 4.69) is 5.32 Å². The van der Waals surface area contributed by atoms with Gasteiger partial charge in [0.2, 0.25) is 0 Å². The number of aryl methyl sites for hydroxylation is 2. The summed E-state index contributed by atoms with van der Waals surface area (Å²) in [7, 11) is 0. The van der Waals surface area contributed by atoms with Gasteiger partial charge in [0.05, 0.1) is 12.1 Å². The molecular formula is C17H17ClFNO2. The number of carbonyl (C=O) groups excluding carboxylic acids is 1. The molecule has 0 atom stereocenters. The van der Waals surface area contributed by atoms with Crippen LogP contribution in [-0.2, 0) is 0 Å². The number of hydrogen-bond acceptors (Lipinski definition) is 2. The van der Waals surface area contributed by atoms with E-state index in [1.165, 1.54) is 17.7 Å². The van der Waals surface area contributed by atoms with E-state index in [9.17, 15) is 9.18 Å². The second kappa shape index (κ2) is 7.27. The van der Waals surface area contributed by atoms with Crippen LogP contribution in [0.1, 0.15) is 21.5 Å². The van der Waals surface area contributed by atoms with Gasteiger partial charge < -0.3 is 10.1 Å².